The number of hydrogen-bond acceptors (Lipinski definition) is 5. The average molecular weight is 388 g/mol. The zero-order valence-corrected chi connectivity index (χ0v) is 15.5. The summed E-state index contributed by atoms with van der Waals surface area (Å²) < 4.78 is 0. The van der Waals surface area contributed by atoms with Gasteiger partial charge in [-0.2, -0.15) is 0 Å². The van der Waals surface area contributed by atoms with Crippen LogP contribution in [0.3, 0.4) is 0 Å². The van der Waals surface area contributed by atoms with Gasteiger partial charge in [-0.15, -0.1) is 0 Å². The highest BCUT2D eigenvalue weighted by Gasteiger charge is 2.10. The van der Waals surface area contributed by atoms with E-state index in [0.29, 0.717) is 11.3 Å². The number of para-hydroxylation sites is 1. The van der Waals surface area contributed by atoms with Crippen molar-refractivity contribution in [1.82, 2.24) is 20.3 Å². The highest BCUT2D eigenvalue weighted by molar-refractivity contribution is 5.94. The Kier molecular flexibility index (Phi) is 5.33. The smallest absolute Gasteiger partial charge is 0.251 e. The molecule has 7 nitrogen and oxygen atoms in total. The fourth-order valence-corrected chi connectivity index (χ4v) is 3.02. The summed E-state index contributed by atoms with van der Waals surface area (Å²) in [5.41, 5.74) is 4.65. The normalized spacial score (nSPS) is 12.1. The number of hydrogen-bond donors (Lipinski definition) is 4. The molecule has 1 atom stereocenters. The van der Waals surface area contributed by atoms with Gasteiger partial charge in [-0.05, 0) is 24.3 Å². The van der Waals surface area contributed by atoms with E-state index in [2.05, 4.69) is 15.3 Å². The van der Waals surface area contributed by atoms with Crippen molar-refractivity contribution in [3.8, 4) is 22.6 Å². The Balaban J connectivity index is 1.54. The van der Waals surface area contributed by atoms with Gasteiger partial charge in [0.25, 0.3) is 5.91 Å². The molecule has 0 aliphatic rings. The number of aromatic amines is 1. The van der Waals surface area contributed by atoms with Crippen LogP contribution in [0.4, 0.5) is 0 Å². The van der Waals surface area contributed by atoms with Gasteiger partial charge in [-0.25, -0.2) is 4.98 Å². The van der Waals surface area contributed by atoms with Crippen LogP contribution in [0.25, 0.3) is 33.5 Å². The van der Waals surface area contributed by atoms with Gasteiger partial charge >= 0.3 is 0 Å². The van der Waals surface area contributed by atoms with Gasteiger partial charge in [0.05, 0.1) is 36.5 Å². The number of carbonyl (C=O) groups is 1. The summed E-state index contributed by atoms with van der Waals surface area (Å²) in [7, 11) is 0. The van der Waals surface area contributed by atoms with Crippen LogP contribution < -0.4 is 5.32 Å². The first-order valence-corrected chi connectivity index (χ1v) is 9.22. The number of benzene rings is 2. The topological polar surface area (TPSA) is 111 Å². The Bertz CT molecular complexity index is 1110. The largest absolute Gasteiger partial charge is 0.394 e. The van der Waals surface area contributed by atoms with E-state index in [4.69, 9.17) is 10.1 Å². The number of aromatic nitrogens is 3. The fourth-order valence-electron chi connectivity index (χ4n) is 3.02. The van der Waals surface area contributed by atoms with Gasteiger partial charge in [0, 0.05) is 28.6 Å². The van der Waals surface area contributed by atoms with E-state index in [-0.39, 0.29) is 12.5 Å². The van der Waals surface area contributed by atoms with Crippen molar-refractivity contribution < 1.29 is 15.0 Å². The molecule has 0 saturated heterocycles. The Morgan fingerprint density at radius 3 is 2.59 bits per heavy atom. The third-order valence-corrected chi connectivity index (χ3v) is 4.59. The molecule has 7 heteroatoms. The standard InChI is InChI=1S/C22H20N4O3/c27-13-17(28)10-24-22(29)15-7-5-14(6-8-15)20-11-23-12-21(26-20)19-9-16-3-1-2-4-18(16)25-19/h1-9,11-12,17,25,27-28H,10,13H2,(H,24,29)/t17-/m0/s1. The summed E-state index contributed by atoms with van der Waals surface area (Å²) in [6.45, 7) is -0.403. The van der Waals surface area contributed by atoms with Crippen LogP contribution in [0, 0.1) is 0 Å². The van der Waals surface area contributed by atoms with Gasteiger partial charge in [0.1, 0.15) is 5.69 Å². The molecule has 2 aromatic heterocycles. The second-order valence-electron chi connectivity index (χ2n) is 6.68. The molecular formula is C22H20N4O3. The van der Waals surface area contributed by atoms with E-state index in [1.54, 1.807) is 36.7 Å². The predicted octanol–water partition coefficient (Wildman–Crippen LogP) is 2.37. The van der Waals surface area contributed by atoms with Crippen LogP contribution in [0.2, 0.25) is 0 Å². The molecule has 1 amide bonds. The molecule has 146 valence electrons. The van der Waals surface area contributed by atoms with Crippen LogP contribution in [-0.4, -0.2) is 50.3 Å². The van der Waals surface area contributed by atoms with Crippen LogP contribution in [0.5, 0.6) is 0 Å². The van der Waals surface area contributed by atoms with E-state index < -0.39 is 12.7 Å². The molecule has 0 aliphatic carbocycles. The quantitative estimate of drug-likeness (QED) is 0.405. The predicted molar refractivity (Wildman–Crippen MR) is 110 cm³/mol. The molecule has 2 aromatic carbocycles. The van der Waals surface area contributed by atoms with Crippen molar-refractivity contribution in [2.75, 3.05) is 13.2 Å². The maximum absolute atomic E-state index is 12.1. The summed E-state index contributed by atoms with van der Waals surface area (Å²) in [5.74, 6) is -0.318. The highest BCUT2D eigenvalue weighted by atomic mass is 16.3. The first-order valence-electron chi connectivity index (χ1n) is 9.22. The van der Waals surface area contributed by atoms with Crippen molar-refractivity contribution in [2.45, 2.75) is 6.10 Å². The molecule has 0 radical (unpaired) electrons. The van der Waals surface area contributed by atoms with E-state index in [0.717, 1.165) is 27.9 Å². The van der Waals surface area contributed by atoms with Crippen molar-refractivity contribution in [1.29, 1.82) is 0 Å². The number of aliphatic hydroxyl groups is 2. The minimum Gasteiger partial charge on any atom is -0.394 e. The molecule has 4 aromatic rings. The van der Waals surface area contributed by atoms with Gasteiger partial charge in [0.15, 0.2) is 0 Å². The van der Waals surface area contributed by atoms with Gasteiger partial charge in [-0.3, -0.25) is 9.78 Å². The van der Waals surface area contributed by atoms with Crippen LogP contribution >= 0.6 is 0 Å². The molecule has 0 unspecified atom stereocenters. The van der Waals surface area contributed by atoms with Crippen LogP contribution in [0.1, 0.15) is 10.4 Å². The van der Waals surface area contributed by atoms with Crippen molar-refractivity contribution in [3.05, 3.63) is 72.6 Å². The van der Waals surface area contributed by atoms with E-state index in [1.165, 1.54) is 0 Å². The molecule has 0 bridgehead atoms. The molecule has 0 fully saturated rings. The minimum absolute atomic E-state index is 0.00486. The third-order valence-electron chi connectivity index (χ3n) is 4.59. The highest BCUT2D eigenvalue weighted by Crippen LogP contribution is 2.24. The summed E-state index contributed by atoms with van der Waals surface area (Å²) in [5, 5.41) is 21.8. The van der Waals surface area contributed by atoms with Gasteiger partial charge in [-0.1, -0.05) is 30.3 Å². The van der Waals surface area contributed by atoms with E-state index in [1.807, 2.05) is 30.3 Å². The minimum atomic E-state index is -0.971. The van der Waals surface area contributed by atoms with Crippen LogP contribution in [-0.2, 0) is 0 Å². The van der Waals surface area contributed by atoms with Crippen molar-refractivity contribution >= 4 is 16.8 Å². The SMILES string of the molecule is O=C(NC[C@H](O)CO)c1ccc(-c2cncc(-c3cc4ccccc4[nH]3)n2)cc1. The number of aliphatic hydroxyl groups excluding tert-OH is 2. The Hall–Kier alpha value is -3.55. The van der Waals surface area contributed by atoms with Crippen molar-refractivity contribution in [3.63, 3.8) is 0 Å². The van der Waals surface area contributed by atoms with E-state index in [9.17, 15) is 9.90 Å². The lowest BCUT2D eigenvalue weighted by Crippen LogP contribution is -2.33. The lowest BCUT2D eigenvalue weighted by molar-refractivity contribution is 0.0802. The summed E-state index contributed by atoms with van der Waals surface area (Å²) in [6, 6.07) is 17.0. The number of fused-ring (bicyclic) bond motifs is 1. The van der Waals surface area contributed by atoms with E-state index >= 15 is 0 Å². The maximum Gasteiger partial charge on any atom is 0.251 e. The lowest BCUT2D eigenvalue weighted by atomic mass is 10.1. The molecule has 2 heterocycles. The zero-order chi connectivity index (χ0) is 20.2. The molecule has 0 saturated carbocycles. The number of amides is 1. The van der Waals surface area contributed by atoms with Crippen molar-refractivity contribution in [2.24, 2.45) is 0 Å². The Labute approximate surface area is 167 Å². The average Bonchev–Trinajstić information content (AvgIpc) is 3.22. The molecule has 0 spiro atoms. The summed E-state index contributed by atoms with van der Waals surface area (Å²) >= 11 is 0. The zero-order valence-electron chi connectivity index (χ0n) is 15.5. The second-order valence-corrected chi connectivity index (χ2v) is 6.68. The second kappa shape index (κ2) is 8.22. The summed E-state index contributed by atoms with van der Waals surface area (Å²) in [6.07, 6.45) is 2.42. The van der Waals surface area contributed by atoms with Gasteiger partial charge < -0.3 is 20.5 Å². The Morgan fingerprint density at radius 1 is 1.07 bits per heavy atom. The molecule has 29 heavy (non-hydrogen) atoms. The number of H-pyrrole nitrogens is 1. The number of nitrogens with zero attached hydrogens (tertiary/aromatic N) is 2. The first kappa shape index (κ1) is 18.8. The lowest BCUT2D eigenvalue weighted by Gasteiger charge is -2.09. The monoisotopic (exact) mass is 388 g/mol. The Morgan fingerprint density at radius 2 is 1.83 bits per heavy atom. The number of rotatable bonds is 6. The number of nitrogens with one attached hydrogen (secondary N) is 2. The molecule has 4 rings (SSSR count). The van der Waals surface area contributed by atoms with Gasteiger partial charge in [0.2, 0.25) is 0 Å². The van der Waals surface area contributed by atoms with Crippen LogP contribution in [0.15, 0.2) is 67.0 Å². The first-order chi connectivity index (χ1) is 14.1. The molecule has 0 aliphatic heterocycles. The number of carbonyl (C=O) groups excluding carboxylic acids is 1. The third kappa shape index (κ3) is 4.16. The fraction of sp³-hybridized carbons (Fsp3) is 0.136. The summed E-state index contributed by atoms with van der Waals surface area (Å²) in [4.78, 5) is 24.5. The molecule has 4 N–H and O–H groups in total. The molecular weight excluding hydrogens is 368 g/mol. The maximum atomic E-state index is 12.1.